The number of nitrogens with zero attached hydrogens (tertiary/aromatic N) is 1. The lowest BCUT2D eigenvalue weighted by Gasteiger charge is -2.44. The SMILES string of the molecule is O=C(N[O-])C1CC2CCN1CC2. The van der Waals surface area contributed by atoms with Gasteiger partial charge in [0.05, 0.1) is 6.04 Å². The highest BCUT2D eigenvalue weighted by Crippen LogP contribution is 2.31. The van der Waals surface area contributed by atoms with E-state index >= 15 is 0 Å². The monoisotopic (exact) mass is 169 g/mol. The van der Waals surface area contributed by atoms with Crippen LogP contribution in [-0.4, -0.2) is 29.9 Å². The Labute approximate surface area is 71.5 Å². The van der Waals surface area contributed by atoms with Crippen molar-refractivity contribution >= 4 is 5.91 Å². The van der Waals surface area contributed by atoms with Crippen molar-refractivity contribution < 1.29 is 4.79 Å². The van der Waals surface area contributed by atoms with Crippen molar-refractivity contribution in [3.05, 3.63) is 5.21 Å². The zero-order valence-electron chi connectivity index (χ0n) is 6.95. The Morgan fingerprint density at radius 1 is 1.42 bits per heavy atom. The Hall–Kier alpha value is -0.610. The van der Waals surface area contributed by atoms with Gasteiger partial charge in [-0.1, -0.05) is 0 Å². The van der Waals surface area contributed by atoms with Gasteiger partial charge in [-0.15, -0.1) is 0 Å². The van der Waals surface area contributed by atoms with E-state index in [4.69, 9.17) is 0 Å². The number of hydrogen-bond donors (Lipinski definition) is 1. The van der Waals surface area contributed by atoms with Gasteiger partial charge in [-0.05, 0) is 38.3 Å². The van der Waals surface area contributed by atoms with Crippen molar-refractivity contribution in [1.82, 2.24) is 10.4 Å². The fourth-order valence-corrected chi connectivity index (χ4v) is 2.31. The molecule has 3 aliphatic heterocycles. The molecular weight excluding hydrogens is 156 g/mol. The second kappa shape index (κ2) is 3.03. The van der Waals surface area contributed by atoms with Crippen molar-refractivity contribution in [3.63, 3.8) is 0 Å². The maximum atomic E-state index is 11.1. The quantitative estimate of drug-likeness (QED) is 0.566. The van der Waals surface area contributed by atoms with Gasteiger partial charge in [0.15, 0.2) is 0 Å². The third-order valence-corrected chi connectivity index (χ3v) is 3.05. The smallest absolute Gasteiger partial charge is 0.226 e. The molecule has 0 saturated carbocycles. The molecule has 0 aromatic heterocycles. The van der Waals surface area contributed by atoms with Crippen molar-refractivity contribution in [3.8, 4) is 0 Å². The summed E-state index contributed by atoms with van der Waals surface area (Å²) < 4.78 is 0. The van der Waals surface area contributed by atoms with E-state index in [1.807, 2.05) is 0 Å². The molecular formula is C8H13N2O2-. The van der Waals surface area contributed by atoms with Crippen LogP contribution in [0, 0.1) is 11.1 Å². The summed E-state index contributed by atoms with van der Waals surface area (Å²) in [4.78, 5) is 13.2. The average Bonchev–Trinajstić information content (AvgIpc) is 2.18. The fraction of sp³-hybridized carbons (Fsp3) is 0.875. The van der Waals surface area contributed by atoms with E-state index in [9.17, 15) is 10.0 Å². The standard InChI is InChI=1S/C8H13N2O2/c11-8(9-12)7-5-6-1-3-10(7)4-2-6/h6-7H,1-5H2,(H-,9,11,12)/q-1. The van der Waals surface area contributed by atoms with Gasteiger partial charge in [0.2, 0.25) is 5.91 Å². The zero-order valence-corrected chi connectivity index (χ0v) is 6.95. The van der Waals surface area contributed by atoms with Gasteiger partial charge in [-0.3, -0.25) is 9.69 Å². The molecule has 4 nitrogen and oxygen atoms in total. The van der Waals surface area contributed by atoms with Gasteiger partial charge in [0.1, 0.15) is 0 Å². The first-order valence-electron chi connectivity index (χ1n) is 4.47. The summed E-state index contributed by atoms with van der Waals surface area (Å²) in [6, 6.07) is -0.130. The molecule has 68 valence electrons. The van der Waals surface area contributed by atoms with Gasteiger partial charge in [-0.25, -0.2) is 0 Å². The molecule has 0 aromatic rings. The first-order valence-corrected chi connectivity index (χ1v) is 4.47. The van der Waals surface area contributed by atoms with E-state index in [2.05, 4.69) is 4.90 Å². The minimum atomic E-state index is -0.348. The number of hydroxylamine groups is 1. The van der Waals surface area contributed by atoms with Crippen molar-refractivity contribution in [2.45, 2.75) is 25.3 Å². The Morgan fingerprint density at radius 3 is 2.50 bits per heavy atom. The van der Waals surface area contributed by atoms with Gasteiger partial charge < -0.3 is 10.7 Å². The molecule has 3 fully saturated rings. The zero-order chi connectivity index (χ0) is 8.55. The Bertz CT molecular complexity index is 187. The van der Waals surface area contributed by atoms with E-state index in [1.54, 1.807) is 0 Å². The minimum absolute atomic E-state index is 0.130. The lowest BCUT2D eigenvalue weighted by atomic mass is 9.83. The second-order valence-electron chi connectivity index (χ2n) is 3.70. The fourth-order valence-electron chi connectivity index (χ4n) is 2.31. The van der Waals surface area contributed by atoms with Crippen molar-refractivity contribution in [1.29, 1.82) is 0 Å². The lowest BCUT2D eigenvalue weighted by Crippen LogP contribution is -2.54. The summed E-state index contributed by atoms with van der Waals surface area (Å²) in [6.07, 6.45) is 3.28. The number of piperidine rings is 3. The van der Waals surface area contributed by atoms with Gasteiger partial charge >= 0.3 is 0 Å². The third-order valence-electron chi connectivity index (χ3n) is 3.05. The van der Waals surface area contributed by atoms with Crippen LogP contribution in [0.4, 0.5) is 0 Å². The number of hydrogen-bond acceptors (Lipinski definition) is 3. The van der Waals surface area contributed by atoms with Crippen LogP contribution >= 0.6 is 0 Å². The van der Waals surface area contributed by atoms with Gasteiger partial charge in [-0.2, -0.15) is 0 Å². The summed E-state index contributed by atoms with van der Waals surface area (Å²) in [5, 5.41) is 10.2. The topological polar surface area (TPSA) is 55.4 Å². The summed E-state index contributed by atoms with van der Waals surface area (Å²) in [5.41, 5.74) is 1.49. The normalized spacial score (nSPS) is 39.6. The number of carbonyl (C=O) groups excluding carboxylic acids is 1. The van der Waals surface area contributed by atoms with Crippen molar-refractivity contribution in [2.75, 3.05) is 13.1 Å². The van der Waals surface area contributed by atoms with Crippen LogP contribution in [-0.2, 0) is 4.79 Å². The molecule has 1 N–H and O–H groups in total. The summed E-state index contributed by atoms with van der Waals surface area (Å²) >= 11 is 0. The van der Waals surface area contributed by atoms with E-state index in [0.717, 1.165) is 19.5 Å². The van der Waals surface area contributed by atoms with Crippen LogP contribution in [0.1, 0.15) is 19.3 Å². The van der Waals surface area contributed by atoms with Gasteiger partial charge in [0, 0.05) is 0 Å². The van der Waals surface area contributed by atoms with Crippen LogP contribution in [0.3, 0.4) is 0 Å². The summed E-state index contributed by atoms with van der Waals surface area (Å²) in [7, 11) is 0. The molecule has 0 radical (unpaired) electrons. The average molecular weight is 169 g/mol. The molecule has 3 aliphatic rings. The largest absolute Gasteiger partial charge is 0.759 e. The van der Waals surface area contributed by atoms with Crippen LogP contribution < -0.4 is 5.48 Å². The Balaban J connectivity index is 2.03. The van der Waals surface area contributed by atoms with E-state index in [0.29, 0.717) is 5.92 Å². The number of rotatable bonds is 1. The molecule has 1 unspecified atom stereocenters. The molecule has 4 heteroatoms. The molecule has 3 rings (SSSR count). The second-order valence-corrected chi connectivity index (χ2v) is 3.70. The van der Waals surface area contributed by atoms with Crippen LogP contribution in [0.5, 0.6) is 0 Å². The lowest BCUT2D eigenvalue weighted by molar-refractivity contribution is -0.129. The predicted octanol–water partition coefficient (Wildman–Crippen LogP) is 0.0847. The minimum Gasteiger partial charge on any atom is -0.759 e. The van der Waals surface area contributed by atoms with E-state index < -0.39 is 0 Å². The molecule has 1 amide bonds. The number of nitrogens with one attached hydrogen (secondary N) is 1. The highest BCUT2D eigenvalue weighted by Gasteiger charge is 2.36. The first-order chi connectivity index (χ1) is 5.81. The maximum absolute atomic E-state index is 11.1. The predicted molar refractivity (Wildman–Crippen MR) is 44.2 cm³/mol. The summed E-state index contributed by atoms with van der Waals surface area (Å²) in [6.45, 7) is 1.98. The molecule has 1 atom stereocenters. The van der Waals surface area contributed by atoms with E-state index in [-0.39, 0.29) is 11.9 Å². The number of amides is 1. The Morgan fingerprint density at radius 2 is 2.08 bits per heavy atom. The molecule has 0 aliphatic carbocycles. The number of carbonyl (C=O) groups is 1. The summed E-state index contributed by atoms with van der Waals surface area (Å²) in [5.74, 6) is 0.330. The molecule has 2 bridgehead atoms. The van der Waals surface area contributed by atoms with Crippen molar-refractivity contribution in [2.24, 2.45) is 5.92 Å². The van der Waals surface area contributed by atoms with Crippen LogP contribution in [0.15, 0.2) is 0 Å². The van der Waals surface area contributed by atoms with Crippen LogP contribution in [0.25, 0.3) is 0 Å². The molecule has 0 spiro atoms. The van der Waals surface area contributed by atoms with Crippen LogP contribution in [0.2, 0.25) is 0 Å². The molecule has 12 heavy (non-hydrogen) atoms. The highest BCUT2D eigenvalue weighted by atomic mass is 16.5. The highest BCUT2D eigenvalue weighted by molar-refractivity contribution is 5.82. The Kier molecular flexibility index (Phi) is 2.02. The van der Waals surface area contributed by atoms with E-state index in [1.165, 1.54) is 18.3 Å². The number of fused-ring (bicyclic) bond motifs is 3. The molecule has 3 saturated heterocycles. The van der Waals surface area contributed by atoms with Gasteiger partial charge in [0.25, 0.3) is 0 Å². The first kappa shape index (κ1) is 8.01. The molecule has 0 aromatic carbocycles. The molecule has 3 heterocycles. The maximum Gasteiger partial charge on any atom is 0.226 e. The third kappa shape index (κ3) is 1.21.